The molecule has 0 aromatic heterocycles. The highest BCUT2D eigenvalue weighted by molar-refractivity contribution is 5.85. The smallest absolute Gasteiger partial charge is 0.0624 e. The van der Waals surface area contributed by atoms with Crippen molar-refractivity contribution in [1.29, 1.82) is 0 Å². The molecule has 2 N–H and O–H groups in total. The topological polar surface area (TPSA) is 32.5 Å². The summed E-state index contributed by atoms with van der Waals surface area (Å²) < 4.78 is 0. The van der Waals surface area contributed by atoms with Gasteiger partial charge in [0.25, 0.3) is 0 Å². The second kappa shape index (κ2) is 6.85. The molecule has 0 aliphatic heterocycles. The molecule has 0 heterocycles. The van der Waals surface area contributed by atoms with Gasteiger partial charge in [-0.1, -0.05) is 0 Å². The van der Waals surface area contributed by atoms with Crippen molar-refractivity contribution in [2.45, 2.75) is 12.6 Å². The molecule has 0 aromatic carbocycles. The molecule has 0 fully saturated rings. The summed E-state index contributed by atoms with van der Waals surface area (Å²) in [5.41, 5.74) is 5.45. The number of nitrogens with two attached hydrogens (primary N) is 1. The van der Waals surface area contributed by atoms with Crippen LogP contribution in [0.2, 0.25) is 0 Å². The van der Waals surface area contributed by atoms with Gasteiger partial charge < -0.3 is 5.73 Å². The van der Waals surface area contributed by atoms with Crippen LogP contribution in [-0.2, 0) is 0 Å². The summed E-state index contributed by atoms with van der Waals surface area (Å²) in [6.45, 7) is 0.751. The summed E-state index contributed by atoms with van der Waals surface area (Å²) in [6.07, 6.45) is 1.50. The highest BCUT2D eigenvalue weighted by atomic mass is 35.5. The van der Waals surface area contributed by atoms with Crippen LogP contribution in [0.15, 0.2) is 0 Å². The SMILES string of the molecule is CN(C)C(CCN)N(C)C.Cl. The fraction of sp³-hybridized carbons (Fsp3) is 1.00. The summed E-state index contributed by atoms with van der Waals surface area (Å²) in [7, 11) is 8.28. The molecule has 0 radical (unpaired) electrons. The van der Waals surface area contributed by atoms with Crippen molar-refractivity contribution in [3.8, 4) is 0 Å². The Hall–Kier alpha value is 0.170. The van der Waals surface area contributed by atoms with E-state index in [4.69, 9.17) is 5.73 Å². The molecule has 0 unspecified atom stereocenters. The van der Waals surface area contributed by atoms with Crippen LogP contribution >= 0.6 is 12.4 Å². The van der Waals surface area contributed by atoms with E-state index in [1.54, 1.807) is 0 Å². The van der Waals surface area contributed by atoms with Gasteiger partial charge in [-0.25, -0.2) is 0 Å². The maximum atomic E-state index is 5.45. The summed E-state index contributed by atoms with van der Waals surface area (Å²) in [5.74, 6) is 0. The van der Waals surface area contributed by atoms with Gasteiger partial charge in [0.05, 0.1) is 6.17 Å². The van der Waals surface area contributed by atoms with E-state index in [-0.39, 0.29) is 12.4 Å². The molecule has 0 aromatic rings. The third-order valence-electron chi connectivity index (χ3n) is 1.62. The van der Waals surface area contributed by atoms with Gasteiger partial charge in [-0.3, -0.25) is 9.80 Å². The molecule has 0 saturated heterocycles. The summed E-state index contributed by atoms with van der Waals surface area (Å²) >= 11 is 0. The Morgan fingerprint density at radius 1 is 1.09 bits per heavy atom. The Morgan fingerprint density at radius 3 is 1.55 bits per heavy atom. The number of hydrogen-bond donors (Lipinski definition) is 1. The Kier molecular flexibility index (Phi) is 8.56. The van der Waals surface area contributed by atoms with Crippen LogP contribution < -0.4 is 5.73 Å². The van der Waals surface area contributed by atoms with Crippen LogP contribution in [0.3, 0.4) is 0 Å². The molecule has 0 amide bonds. The van der Waals surface area contributed by atoms with E-state index in [0.29, 0.717) is 6.17 Å². The minimum Gasteiger partial charge on any atom is -0.330 e. The standard InChI is InChI=1S/C7H19N3.ClH/c1-9(2)7(5-6-8)10(3)4;/h7H,5-6,8H2,1-4H3;1H. The molecular weight excluding hydrogens is 162 g/mol. The van der Waals surface area contributed by atoms with Crippen molar-refractivity contribution in [2.75, 3.05) is 34.7 Å². The number of halogens is 1. The quantitative estimate of drug-likeness (QED) is 0.630. The predicted molar refractivity (Wildman–Crippen MR) is 52.1 cm³/mol. The maximum absolute atomic E-state index is 5.45. The van der Waals surface area contributed by atoms with Crippen LogP contribution in [-0.4, -0.2) is 50.7 Å². The highest BCUT2D eigenvalue weighted by Gasteiger charge is 2.11. The lowest BCUT2D eigenvalue weighted by atomic mass is 10.3. The first-order chi connectivity index (χ1) is 4.59. The zero-order chi connectivity index (χ0) is 8.15. The lowest BCUT2D eigenvalue weighted by Crippen LogP contribution is -2.41. The van der Waals surface area contributed by atoms with Gasteiger partial charge in [0.1, 0.15) is 0 Å². The van der Waals surface area contributed by atoms with E-state index < -0.39 is 0 Å². The lowest BCUT2D eigenvalue weighted by molar-refractivity contribution is 0.123. The van der Waals surface area contributed by atoms with Crippen molar-refractivity contribution in [3.63, 3.8) is 0 Å². The molecule has 0 aliphatic rings. The zero-order valence-electron chi connectivity index (χ0n) is 7.87. The predicted octanol–water partition coefficient (Wildman–Crippen LogP) is 0.206. The van der Waals surface area contributed by atoms with Crippen LogP contribution in [0.5, 0.6) is 0 Å². The van der Waals surface area contributed by atoms with Gasteiger partial charge in [-0.2, -0.15) is 0 Å². The van der Waals surface area contributed by atoms with Gasteiger partial charge in [0, 0.05) is 0 Å². The van der Waals surface area contributed by atoms with Gasteiger partial charge in [-0.15, -0.1) is 12.4 Å². The van der Waals surface area contributed by atoms with Crippen LogP contribution in [0.1, 0.15) is 6.42 Å². The van der Waals surface area contributed by atoms with Crippen LogP contribution in [0.4, 0.5) is 0 Å². The Morgan fingerprint density at radius 2 is 1.45 bits per heavy atom. The monoisotopic (exact) mass is 181 g/mol. The van der Waals surface area contributed by atoms with E-state index in [1.165, 1.54) is 0 Å². The summed E-state index contributed by atoms with van der Waals surface area (Å²) in [5, 5.41) is 0. The van der Waals surface area contributed by atoms with E-state index in [0.717, 1.165) is 13.0 Å². The van der Waals surface area contributed by atoms with Crippen molar-refractivity contribution >= 4 is 12.4 Å². The molecular formula is C7H20ClN3. The maximum Gasteiger partial charge on any atom is 0.0624 e. The van der Waals surface area contributed by atoms with Crippen molar-refractivity contribution in [3.05, 3.63) is 0 Å². The molecule has 0 spiro atoms. The molecule has 70 valence electrons. The third-order valence-corrected chi connectivity index (χ3v) is 1.62. The van der Waals surface area contributed by atoms with Crippen LogP contribution in [0, 0.1) is 0 Å². The van der Waals surface area contributed by atoms with E-state index >= 15 is 0 Å². The third kappa shape index (κ3) is 5.44. The Bertz CT molecular complexity index is 77.8. The largest absolute Gasteiger partial charge is 0.330 e. The fourth-order valence-electron chi connectivity index (χ4n) is 1.13. The number of hydrogen-bond acceptors (Lipinski definition) is 3. The first-order valence-corrected chi connectivity index (χ1v) is 3.62. The number of nitrogens with zero attached hydrogens (tertiary/aromatic N) is 2. The normalized spacial score (nSPS) is 10.9. The minimum absolute atomic E-state index is 0. The highest BCUT2D eigenvalue weighted by Crippen LogP contribution is 1.99. The summed E-state index contributed by atoms with van der Waals surface area (Å²) in [4.78, 5) is 4.35. The van der Waals surface area contributed by atoms with Crippen molar-refractivity contribution in [2.24, 2.45) is 5.73 Å². The Balaban J connectivity index is 0. The second-order valence-electron chi connectivity index (χ2n) is 2.99. The summed E-state index contributed by atoms with van der Waals surface area (Å²) in [6, 6.07) is 0. The lowest BCUT2D eigenvalue weighted by Gasteiger charge is -2.29. The zero-order valence-corrected chi connectivity index (χ0v) is 8.69. The molecule has 0 atom stereocenters. The molecule has 3 nitrogen and oxygen atoms in total. The van der Waals surface area contributed by atoms with Crippen LogP contribution in [0.25, 0.3) is 0 Å². The molecule has 0 bridgehead atoms. The molecule has 4 heteroatoms. The Labute approximate surface area is 75.9 Å². The minimum atomic E-state index is 0. The van der Waals surface area contributed by atoms with E-state index in [2.05, 4.69) is 38.0 Å². The van der Waals surface area contributed by atoms with Gasteiger partial charge in [0.2, 0.25) is 0 Å². The number of rotatable bonds is 4. The van der Waals surface area contributed by atoms with Gasteiger partial charge in [-0.05, 0) is 41.2 Å². The molecule has 11 heavy (non-hydrogen) atoms. The van der Waals surface area contributed by atoms with E-state index in [9.17, 15) is 0 Å². The van der Waals surface area contributed by atoms with Gasteiger partial charge >= 0.3 is 0 Å². The first kappa shape index (κ1) is 13.7. The van der Waals surface area contributed by atoms with E-state index in [1.807, 2.05) is 0 Å². The molecule has 0 saturated carbocycles. The molecule has 0 rings (SSSR count). The first-order valence-electron chi connectivity index (χ1n) is 3.62. The average Bonchev–Trinajstić information content (AvgIpc) is 1.81. The van der Waals surface area contributed by atoms with Crippen molar-refractivity contribution < 1.29 is 0 Å². The van der Waals surface area contributed by atoms with Gasteiger partial charge in [0.15, 0.2) is 0 Å². The van der Waals surface area contributed by atoms with Crippen molar-refractivity contribution in [1.82, 2.24) is 9.80 Å². The average molecular weight is 182 g/mol. The molecule has 0 aliphatic carbocycles. The fourth-order valence-corrected chi connectivity index (χ4v) is 1.13. The second-order valence-corrected chi connectivity index (χ2v) is 2.99.